The van der Waals surface area contributed by atoms with Gasteiger partial charge in [0.2, 0.25) is 0 Å². The molecule has 0 saturated heterocycles. The minimum absolute atomic E-state index is 0.197. The molecule has 4 nitrogen and oxygen atoms in total. The molecule has 1 aliphatic rings. The number of rotatable bonds is 3. The lowest BCUT2D eigenvalue weighted by Gasteiger charge is -2.32. The summed E-state index contributed by atoms with van der Waals surface area (Å²) in [5.41, 5.74) is 4.76. The minimum Gasteiger partial charge on any atom is -0.454 e. The van der Waals surface area contributed by atoms with Gasteiger partial charge in [0.15, 0.2) is 5.58 Å². The molecule has 0 bridgehead atoms. The van der Waals surface area contributed by atoms with E-state index in [2.05, 4.69) is 77.4 Å². The molecule has 0 radical (unpaired) electrons. The van der Waals surface area contributed by atoms with E-state index < -0.39 is 0 Å². The molecule has 7 rings (SSSR count). The van der Waals surface area contributed by atoms with Crippen molar-refractivity contribution in [2.45, 2.75) is 12.3 Å². The zero-order valence-electron chi connectivity index (χ0n) is 19.3. The Morgan fingerprint density at radius 1 is 0.750 bits per heavy atom. The summed E-state index contributed by atoms with van der Waals surface area (Å²) < 4.78 is 6.17. The fourth-order valence-corrected chi connectivity index (χ4v) is 5.30. The van der Waals surface area contributed by atoms with E-state index in [-0.39, 0.29) is 12.3 Å². The number of benzene rings is 5. The molecule has 0 fully saturated rings. The topological polar surface area (TPSA) is 49.6 Å². The van der Waals surface area contributed by atoms with E-state index in [1.54, 1.807) is 0 Å². The fraction of sp³-hybridized carbons (Fsp3) is 0.0645. The number of furan rings is 1. The van der Waals surface area contributed by atoms with E-state index in [4.69, 9.17) is 21.0 Å². The average molecular weight is 488 g/mol. The fourth-order valence-electron chi connectivity index (χ4n) is 5.09. The van der Waals surface area contributed by atoms with Crippen LogP contribution in [0.5, 0.6) is 0 Å². The van der Waals surface area contributed by atoms with Crippen LogP contribution in [0, 0.1) is 0 Å². The second-order valence-corrected chi connectivity index (χ2v) is 9.44. The third-order valence-electron chi connectivity index (χ3n) is 6.82. The maximum absolute atomic E-state index is 6.48. The van der Waals surface area contributed by atoms with Gasteiger partial charge < -0.3 is 9.73 Å². The quantitative estimate of drug-likeness (QED) is 0.268. The summed E-state index contributed by atoms with van der Waals surface area (Å²) >= 11 is 6.48. The smallest absolute Gasteiger partial charge is 0.154 e. The number of halogens is 1. The van der Waals surface area contributed by atoms with Gasteiger partial charge in [-0.05, 0) is 34.5 Å². The standard InChI is InChI=1S/C31H22ClN3O/c32-25-14-6-12-23-27-24(13-7-15-26(27)36-28(23)25)31-34-29(20-9-2-1-3-10-20)33-30(35-31)22-17-16-19-8-4-5-11-21(19)18-22/h1-18,29,31,34H,(H,33,35). The van der Waals surface area contributed by atoms with E-state index in [0.29, 0.717) is 10.6 Å². The van der Waals surface area contributed by atoms with Crippen molar-refractivity contribution in [3.05, 3.63) is 131 Å². The van der Waals surface area contributed by atoms with E-state index in [9.17, 15) is 0 Å². The molecule has 0 amide bonds. The summed E-state index contributed by atoms with van der Waals surface area (Å²) in [6.07, 6.45) is -0.409. The van der Waals surface area contributed by atoms with Gasteiger partial charge in [-0.15, -0.1) is 0 Å². The Hall–Kier alpha value is -4.12. The van der Waals surface area contributed by atoms with Gasteiger partial charge in [-0.1, -0.05) is 103 Å². The Morgan fingerprint density at radius 2 is 1.56 bits per heavy atom. The summed E-state index contributed by atoms with van der Waals surface area (Å²) in [5, 5.41) is 12.4. The number of nitrogens with zero attached hydrogens (tertiary/aromatic N) is 1. The molecule has 2 unspecified atom stereocenters. The van der Waals surface area contributed by atoms with Gasteiger partial charge in [-0.2, -0.15) is 0 Å². The summed E-state index contributed by atoms with van der Waals surface area (Å²) in [5.74, 6) is 0.848. The molecule has 0 saturated carbocycles. The van der Waals surface area contributed by atoms with Crippen LogP contribution < -0.4 is 10.6 Å². The SMILES string of the molecule is Clc1cccc2c1oc1cccc(C3NC(c4ccc5ccccc5c4)=NC(c4ccccc4)N3)c12. The van der Waals surface area contributed by atoms with Gasteiger partial charge in [0.25, 0.3) is 0 Å². The predicted molar refractivity (Wildman–Crippen MR) is 147 cm³/mol. The van der Waals surface area contributed by atoms with Crippen LogP contribution in [0.4, 0.5) is 0 Å². The first kappa shape index (κ1) is 21.2. The zero-order chi connectivity index (χ0) is 24.1. The van der Waals surface area contributed by atoms with Crippen molar-refractivity contribution in [1.82, 2.24) is 10.6 Å². The first-order valence-electron chi connectivity index (χ1n) is 12.0. The molecule has 2 heterocycles. The van der Waals surface area contributed by atoms with Crippen LogP contribution in [0.2, 0.25) is 5.02 Å². The van der Waals surface area contributed by atoms with Gasteiger partial charge in [-0.3, -0.25) is 5.32 Å². The molecular formula is C31H22ClN3O. The highest BCUT2D eigenvalue weighted by atomic mass is 35.5. The summed E-state index contributed by atoms with van der Waals surface area (Å²) in [4.78, 5) is 5.10. The van der Waals surface area contributed by atoms with Crippen molar-refractivity contribution in [2.24, 2.45) is 4.99 Å². The van der Waals surface area contributed by atoms with Crippen LogP contribution in [-0.4, -0.2) is 5.84 Å². The van der Waals surface area contributed by atoms with Crippen LogP contribution >= 0.6 is 11.6 Å². The number of aliphatic imine (C=N–C) groups is 1. The molecule has 0 spiro atoms. The van der Waals surface area contributed by atoms with Crippen LogP contribution in [0.15, 0.2) is 119 Å². The number of hydrogen-bond donors (Lipinski definition) is 2. The number of nitrogens with one attached hydrogen (secondary N) is 2. The van der Waals surface area contributed by atoms with Crippen molar-refractivity contribution in [3.8, 4) is 0 Å². The van der Waals surface area contributed by atoms with Crippen LogP contribution in [0.1, 0.15) is 29.0 Å². The highest BCUT2D eigenvalue weighted by molar-refractivity contribution is 6.35. The van der Waals surface area contributed by atoms with E-state index in [0.717, 1.165) is 38.9 Å². The van der Waals surface area contributed by atoms with Crippen LogP contribution in [-0.2, 0) is 0 Å². The highest BCUT2D eigenvalue weighted by Crippen LogP contribution is 2.38. The molecule has 36 heavy (non-hydrogen) atoms. The van der Waals surface area contributed by atoms with Crippen molar-refractivity contribution >= 4 is 50.1 Å². The molecule has 6 aromatic rings. The Morgan fingerprint density at radius 3 is 2.44 bits per heavy atom. The highest BCUT2D eigenvalue weighted by Gasteiger charge is 2.28. The largest absolute Gasteiger partial charge is 0.454 e. The molecule has 2 atom stereocenters. The van der Waals surface area contributed by atoms with Gasteiger partial charge in [0.05, 0.1) is 5.02 Å². The van der Waals surface area contributed by atoms with E-state index in [1.807, 2.05) is 42.5 Å². The lowest BCUT2D eigenvalue weighted by molar-refractivity contribution is 0.411. The van der Waals surface area contributed by atoms with Crippen LogP contribution in [0.3, 0.4) is 0 Å². The third kappa shape index (κ3) is 3.54. The summed E-state index contributed by atoms with van der Waals surface area (Å²) in [7, 11) is 0. The Kier molecular flexibility index (Phi) is 5.01. The third-order valence-corrected chi connectivity index (χ3v) is 7.12. The molecule has 2 N–H and O–H groups in total. The van der Waals surface area contributed by atoms with Crippen molar-refractivity contribution < 1.29 is 4.42 Å². The minimum atomic E-state index is -0.212. The first-order chi connectivity index (χ1) is 17.7. The van der Waals surface area contributed by atoms with Crippen LogP contribution in [0.25, 0.3) is 32.7 Å². The molecule has 174 valence electrons. The molecule has 1 aliphatic heterocycles. The molecular weight excluding hydrogens is 466 g/mol. The maximum atomic E-state index is 6.48. The zero-order valence-corrected chi connectivity index (χ0v) is 20.0. The lowest BCUT2D eigenvalue weighted by atomic mass is 10.0. The monoisotopic (exact) mass is 487 g/mol. The number of fused-ring (bicyclic) bond motifs is 4. The molecule has 0 aliphatic carbocycles. The lowest BCUT2D eigenvalue weighted by Crippen LogP contribution is -2.45. The van der Waals surface area contributed by atoms with Gasteiger partial charge >= 0.3 is 0 Å². The number of hydrogen-bond acceptors (Lipinski definition) is 4. The van der Waals surface area contributed by atoms with Gasteiger partial charge in [0, 0.05) is 21.9 Å². The van der Waals surface area contributed by atoms with Gasteiger partial charge in [0.1, 0.15) is 23.8 Å². The predicted octanol–water partition coefficient (Wildman–Crippen LogP) is 7.73. The normalized spacial score (nSPS) is 17.9. The van der Waals surface area contributed by atoms with Gasteiger partial charge in [-0.25, -0.2) is 4.99 Å². The van der Waals surface area contributed by atoms with Crippen molar-refractivity contribution in [2.75, 3.05) is 0 Å². The van der Waals surface area contributed by atoms with E-state index in [1.165, 1.54) is 10.8 Å². The Bertz CT molecular complexity index is 1770. The molecule has 5 aromatic carbocycles. The van der Waals surface area contributed by atoms with E-state index >= 15 is 0 Å². The van der Waals surface area contributed by atoms with Crippen molar-refractivity contribution in [1.29, 1.82) is 0 Å². The Labute approximate surface area is 213 Å². The summed E-state index contributed by atoms with van der Waals surface area (Å²) in [6.45, 7) is 0. The van der Waals surface area contributed by atoms with Crippen molar-refractivity contribution in [3.63, 3.8) is 0 Å². The molecule has 5 heteroatoms. The second-order valence-electron chi connectivity index (χ2n) is 9.04. The molecule has 1 aromatic heterocycles. The Balaban J connectivity index is 1.39. The maximum Gasteiger partial charge on any atom is 0.154 e. The first-order valence-corrected chi connectivity index (χ1v) is 12.4. The number of amidine groups is 1. The second kappa shape index (κ2) is 8.52. The summed E-state index contributed by atoms with van der Waals surface area (Å²) in [6, 6.07) is 37.2. The number of para-hydroxylation sites is 1. The average Bonchev–Trinajstić information content (AvgIpc) is 3.33.